The Kier molecular flexibility index (Phi) is 5.30. The number of hydroxylamine groups is 2. The molecule has 1 aliphatic heterocycles. The Labute approximate surface area is 196 Å². The lowest BCUT2D eigenvalue weighted by molar-refractivity contribution is -0.0778. The number of fused-ring (bicyclic) bond motifs is 2. The Bertz CT molecular complexity index is 1620. The van der Waals surface area contributed by atoms with E-state index in [4.69, 9.17) is 4.84 Å². The lowest BCUT2D eigenvalue weighted by Crippen LogP contribution is -2.39. The Hall–Kier alpha value is -3.48. The van der Waals surface area contributed by atoms with Crippen molar-refractivity contribution in [1.29, 1.82) is 0 Å². The predicted molar refractivity (Wildman–Crippen MR) is 126 cm³/mol. The van der Waals surface area contributed by atoms with Gasteiger partial charge in [-0.1, -0.05) is 12.1 Å². The molecule has 0 aliphatic carbocycles. The van der Waals surface area contributed by atoms with Crippen molar-refractivity contribution in [2.45, 2.75) is 32.5 Å². The number of aromatic amines is 1. The van der Waals surface area contributed by atoms with Gasteiger partial charge in [-0.2, -0.15) is 0 Å². The van der Waals surface area contributed by atoms with E-state index in [1.54, 1.807) is 24.3 Å². The number of β-amino-alcohol motifs (C(OH)–C–C–N with tert-alkyl or cyclic N) is 1. The molecule has 1 amide bonds. The molecular formula is C22H23N5O6S. The third-order valence-corrected chi connectivity index (χ3v) is 7.11. The molecule has 1 atom stereocenters. The summed E-state index contributed by atoms with van der Waals surface area (Å²) in [6.07, 6.45) is -0.842. The van der Waals surface area contributed by atoms with Crippen LogP contribution in [0.4, 0.5) is 0 Å². The summed E-state index contributed by atoms with van der Waals surface area (Å²) in [4.78, 5) is 61.4. The number of rotatable bonds is 4. The molecule has 11 nitrogen and oxygen atoms in total. The highest BCUT2D eigenvalue weighted by molar-refractivity contribution is 7.19. The van der Waals surface area contributed by atoms with Crippen molar-refractivity contribution in [2.75, 3.05) is 13.2 Å². The number of aromatic nitrogens is 4. The number of carbonyl (C=O) groups is 1. The van der Waals surface area contributed by atoms with Gasteiger partial charge in [-0.25, -0.2) is 14.7 Å². The summed E-state index contributed by atoms with van der Waals surface area (Å²) in [7, 11) is 1.37. The van der Waals surface area contributed by atoms with Gasteiger partial charge < -0.3 is 10.1 Å². The number of nitrogens with zero attached hydrogens (tertiary/aromatic N) is 4. The fourth-order valence-electron chi connectivity index (χ4n) is 4.28. The molecule has 1 unspecified atom stereocenters. The minimum Gasteiger partial charge on any atom is -0.389 e. The van der Waals surface area contributed by atoms with Crippen molar-refractivity contribution in [3.8, 4) is 0 Å². The van der Waals surface area contributed by atoms with Gasteiger partial charge in [0.25, 0.3) is 11.5 Å². The van der Waals surface area contributed by atoms with E-state index in [1.165, 1.54) is 16.2 Å². The number of H-pyrrole nitrogens is 1. The van der Waals surface area contributed by atoms with Crippen LogP contribution in [0.5, 0.6) is 0 Å². The normalized spacial score (nSPS) is 16.4. The first-order valence-electron chi connectivity index (χ1n) is 10.8. The number of carbonyl (C=O) groups excluding carboxylic acids is 1. The lowest BCUT2D eigenvalue weighted by atomic mass is 10.1. The van der Waals surface area contributed by atoms with E-state index >= 15 is 0 Å². The van der Waals surface area contributed by atoms with Crippen LogP contribution in [0.15, 0.2) is 38.6 Å². The lowest BCUT2D eigenvalue weighted by Gasteiger charge is -2.15. The number of amides is 1. The minimum absolute atomic E-state index is 0.00903. The van der Waals surface area contributed by atoms with Gasteiger partial charge in [-0.15, -0.1) is 11.3 Å². The van der Waals surface area contributed by atoms with Gasteiger partial charge in [-0.3, -0.25) is 28.1 Å². The van der Waals surface area contributed by atoms with Crippen LogP contribution in [0.1, 0.15) is 35.1 Å². The Morgan fingerprint density at radius 3 is 2.68 bits per heavy atom. The van der Waals surface area contributed by atoms with Gasteiger partial charge >= 0.3 is 11.4 Å². The summed E-state index contributed by atoms with van der Waals surface area (Å²) in [6.45, 7) is 3.55. The number of nitrogens with one attached hydrogen (secondary N) is 1. The quantitative estimate of drug-likeness (QED) is 0.439. The van der Waals surface area contributed by atoms with Gasteiger partial charge in [-0.05, 0) is 26.0 Å². The van der Waals surface area contributed by atoms with Crippen molar-refractivity contribution in [2.24, 2.45) is 7.05 Å². The molecule has 0 spiro atoms. The van der Waals surface area contributed by atoms with Crippen LogP contribution < -0.4 is 16.9 Å². The molecule has 12 heteroatoms. The Morgan fingerprint density at radius 1 is 1.26 bits per heavy atom. The second kappa shape index (κ2) is 8.08. The number of benzene rings is 1. The molecule has 1 saturated heterocycles. The van der Waals surface area contributed by atoms with E-state index in [2.05, 4.69) is 4.98 Å². The van der Waals surface area contributed by atoms with Crippen molar-refractivity contribution in [3.05, 3.63) is 66.0 Å². The zero-order valence-electron chi connectivity index (χ0n) is 18.8. The van der Waals surface area contributed by atoms with Crippen LogP contribution in [0, 0.1) is 0 Å². The zero-order valence-corrected chi connectivity index (χ0v) is 19.6. The first-order valence-corrected chi connectivity index (χ1v) is 11.6. The van der Waals surface area contributed by atoms with Crippen LogP contribution in [-0.2, 0) is 18.4 Å². The number of para-hydroxylation sites is 2. The molecule has 4 heterocycles. The fraction of sp³-hybridized carbons (Fsp3) is 0.364. The summed E-state index contributed by atoms with van der Waals surface area (Å²) in [5, 5.41) is 11.0. The van der Waals surface area contributed by atoms with E-state index in [-0.39, 0.29) is 42.4 Å². The van der Waals surface area contributed by atoms with Gasteiger partial charge in [0, 0.05) is 18.0 Å². The topological polar surface area (TPSA) is 132 Å². The van der Waals surface area contributed by atoms with Crippen LogP contribution in [0.2, 0.25) is 0 Å². The smallest absolute Gasteiger partial charge is 0.332 e. The first kappa shape index (κ1) is 22.3. The number of thiophene rings is 1. The largest absolute Gasteiger partial charge is 0.389 e. The summed E-state index contributed by atoms with van der Waals surface area (Å²) in [6, 6.07) is 6.88. The zero-order chi connectivity index (χ0) is 24.3. The average molecular weight is 486 g/mol. The monoisotopic (exact) mass is 485 g/mol. The van der Waals surface area contributed by atoms with E-state index in [1.807, 2.05) is 13.8 Å². The molecule has 1 fully saturated rings. The summed E-state index contributed by atoms with van der Waals surface area (Å²) < 4.78 is 3.94. The Balaban J connectivity index is 1.81. The number of hydrogen-bond acceptors (Lipinski definition) is 7. The minimum atomic E-state index is -0.842. The maximum atomic E-state index is 13.6. The predicted octanol–water partition coefficient (Wildman–Crippen LogP) is 0.782. The summed E-state index contributed by atoms with van der Waals surface area (Å²) >= 11 is 1.13. The van der Waals surface area contributed by atoms with Gasteiger partial charge in [0.05, 0.1) is 35.1 Å². The van der Waals surface area contributed by atoms with Crippen LogP contribution in [-0.4, -0.2) is 54.0 Å². The van der Waals surface area contributed by atoms with Gasteiger partial charge in [0.15, 0.2) is 0 Å². The molecule has 178 valence electrons. The van der Waals surface area contributed by atoms with E-state index in [0.717, 1.165) is 21.0 Å². The highest BCUT2D eigenvalue weighted by atomic mass is 32.1. The molecule has 34 heavy (non-hydrogen) atoms. The highest BCUT2D eigenvalue weighted by Crippen LogP contribution is 2.32. The van der Waals surface area contributed by atoms with E-state index < -0.39 is 23.3 Å². The van der Waals surface area contributed by atoms with Crippen molar-refractivity contribution < 1.29 is 14.7 Å². The molecule has 1 aliphatic rings. The number of imidazole rings is 1. The van der Waals surface area contributed by atoms with Crippen LogP contribution >= 0.6 is 11.3 Å². The number of aliphatic hydroxyl groups excluding tert-OH is 1. The van der Waals surface area contributed by atoms with Crippen molar-refractivity contribution in [3.63, 3.8) is 0 Å². The average Bonchev–Trinajstić information content (AvgIpc) is 3.47. The maximum Gasteiger partial charge on any atom is 0.332 e. The molecule has 0 bridgehead atoms. The first-order chi connectivity index (χ1) is 16.2. The molecule has 4 aromatic rings. The maximum absolute atomic E-state index is 13.6. The highest BCUT2D eigenvalue weighted by Gasteiger charge is 2.33. The van der Waals surface area contributed by atoms with Crippen molar-refractivity contribution in [1.82, 2.24) is 23.7 Å². The summed E-state index contributed by atoms with van der Waals surface area (Å²) in [5.74, 6) is -0.600. The SMILES string of the molecule is CC(C)n1c(=O)n(C)c(=O)c2c(C(=O)N3CC(O)CO3)c(Cn3c(=O)[nH]c4ccccc43)sc21. The van der Waals surface area contributed by atoms with Gasteiger partial charge in [0.1, 0.15) is 17.5 Å². The van der Waals surface area contributed by atoms with Crippen LogP contribution in [0.3, 0.4) is 0 Å². The molecule has 1 aromatic carbocycles. The molecule has 0 saturated carbocycles. The second-order valence-electron chi connectivity index (χ2n) is 8.54. The molecule has 2 N–H and O–H groups in total. The molecular weight excluding hydrogens is 462 g/mol. The van der Waals surface area contributed by atoms with Gasteiger partial charge in [0.2, 0.25) is 0 Å². The van der Waals surface area contributed by atoms with E-state index in [9.17, 15) is 24.3 Å². The summed E-state index contributed by atoms with van der Waals surface area (Å²) in [5.41, 5.74) is -0.0988. The Morgan fingerprint density at radius 2 is 2.00 bits per heavy atom. The second-order valence-corrected chi connectivity index (χ2v) is 9.62. The third-order valence-electron chi connectivity index (χ3n) is 5.93. The van der Waals surface area contributed by atoms with Crippen molar-refractivity contribution >= 4 is 38.5 Å². The fourth-order valence-corrected chi connectivity index (χ4v) is 5.67. The third kappa shape index (κ3) is 3.33. The van der Waals surface area contributed by atoms with Crippen LogP contribution in [0.25, 0.3) is 21.3 Å². The van der Waals surface area contributed by atoms with E-state index in [0.29, 0.717) is 20.7 Å². The standard InChI is InChI=1S/C22H23N5O6S/c1-11(2)27-20-17(18(29)24(3)22(27)32)16(19(30)26-8-12(28)10-33-26)15(34-20)9-25-14-7-5-4-6-13(14)23-21(25)31/h4-7,11-12,28H,8-10H2,1-3H3,(H,23,31). The number of aliphatic hydroxyl groups is 1. The molecule has 5 rings (SSSR count). The molecule has 0 radical (unpaired) electrons. The number of hydrogen-bond donors (Lipinski definition) is 2. The molecule has 3 aromatic heterocycles.